The third-order valence-corrected chi connectivity index (χ3v) is 4.37. The van der Waals surface area contributed by atoms with Crippen molar-refractivity contribution in [3.8, 4) is 0 Å². The van der Waals surface area contributed by atoms with Crippen molar-refractivity contribution in [1.29, 1.82) is 0 Å². The molecule has 2 rings (SSSR count). The van der Waals surface area contributed by atoms with Gasteiger partial charge in [-0.3, -0.25) is 4.79 Å². The Balaban J connectivity index is 2.19. The number of hydrogen-bond donors (Lipinski definition) is 1. The smallest absolute Gasteiger partial charge is 0.324 e. The number of esters is 1. The molecule has 1 atom stereocenters. The van der Waals surface area contributed by atoms with Gasteiger partial charge in [-0.1, -0.05) is 15.9 Å². The fourth-order valence-electron chi connectivity index (χ4n) is 1.47. The number of ether oxygens (including phenoxy) is 1. The van der Waals surface area contributed by atoms with E-state index in [0.717, 1.165) is 4.47 Å². The lowest BCUT2D eigenvalue weighted by Crippen LogP contribution is -2.37. The molecule has 0 saturated carbocycles. The van der Waals surface area contributed by atoms with Crippen LogP contribution in [-0.2, 0) is 19.6 Å². The summed E-state index contributed by atoms with van der Waals surface area (Å²) in [6.45, 7) is 0.256. The standard InChI is InChI=1S/C10H10BrNO4S/c11-7-1-3-8(4-2-7)17(14,15)12-9-5-6-16-10(9)13/h1-4,9,12H,5-6H2. The summed E-state index contributed by atoms with van der Waals surface area (Å²) in [5, 5.41) is 0. The molecule has 1 aliphatic heterocycles. The Morgan fingerprint density at radius 2 is 1.94 bits per heavy atom. The van der Waals surface area contributed by atoms with E-state index in [0.29, 0.717) is 6.42 Å². The Morgan fingerprint density at radius 1 is 1.29 bits per heavy atom. The molecule has 1 heterocycles. The van der Waals surface area contributed by atoms with Crippen LogP contribution in [-0.4, -0.2) is 27.0 Å². The molecule has 1 fully saturated rings. The van der Waals surface area contributed by atoms with Gasteiger partial charge in [-0.25, -0.2) is 8.42 Å². The second-order valence-corrected chi connectivity index (χ2v) is 6.21. The molecule has 0 radical (unpaired) electrons. The summed E-state index contributed by atoms with van der Waals surface area (Å²) in [6, 6.07) is 5.41. The van der Waals surface area contributed by atoms with Crippen LogP contribution in [0.1, 0.15) is 6.42 Å². The van der Waals surface area contributed by atoms with Gasteiger partial charge in [-0.15, -0.1) is 0 Å². The first-order valence-corrected chi connectivity index (χ1v) is 7.21. The number of hydrogen-bond acceptors (Lipinski definition) is 4. The molecule has 1 aliphatic rings. The maximum Gasteiger partial charge on any atom is 0.324 e. The van der Waals surface area contributed by atoms with Crippen LogP contribution >= 0.6 is 15.9 Å². The van der Waals surface area contributed by atoms with Crippen LogP contribution in [0.2, 0.25) is 0 Å². The molecule has 0 aromatic heterocycles. The van der Waals surface area contributed by atoms with Gasteiger partial charge in [0, 0.05) is 10.9 Å². The van der Waals surface area contributed by atoms with Gasteiger partial charge >= 0.3 is 5.97 Å². The minimum atomic E-state index is -3.67. The Labute approximate surface area is 107 Å². The highest BCUT2D eigenvalue weighted by Crippen LogP contribution is 2.16. The average molecular weight is 320 g/mol. The molecule has 1 saturated heterocycles. The molecule has 1 unspecified atom stereocenters. The highest BCUT2D eigenvalue weighted by molar-refractivity contribution is 9.10. The van der Waals surface area contributed by atoms with Gasteiger partial charge < -0.3 is 4.74 Å². The molecule has 1 aromatic rings. The van der Waals surface area contributed by atoms with Crippen LogP contribution in [0.3, 0.4) is 0 Å². The summed E-state index contributed by atoms with van der Waals surface area (Å²) >= 11 is 3.22. The minimum Gasteiger partial charge on any atom is -0.464 e. The first-order valence-electron chi connectivity index (χ1n) is 4.93. The summed E-state index contributed by atoms with van der Waals surface area (Å²) in [7, 11) is -3.67. The third kappa shape index (κ3) is 2.85. The maximum absolute atomic E-state index is 11.9. The zero-order chi connectivity index (χ0) is 12.5. The second kappa shape index (κ2) is 4.75. The van der Waals surface area contributed by atoms with Crippen molar-refractivity contribution in [3.63, 3.8) is 0 Å². The first kappa shape index (κ1) is 12.5. The number of carbonyl (C=O) groups is 1. The molecule has 1 N–H and O–H groups in total. The van der Waals surface area contributed by atoms with Gasteiger partial charge in [-0.05, 0) is 24.3 Å². The van der Waals surface area contributed by atoms with E-state index in [1.54, 1.807) is 12.1 Å². The average Bonchev–Trinajstić information content (AvgIpc) is 2.64. The monoisotopic (exact) mass is 319 g/mol. The second-order valence-electron chi connectivity index (χ2n) is 3.58. The van der Waals surface area contributed by atoms with Crippen molar-refractivity contribution in [1.82, 2.24) is 4.72 Å². The third-order valence-electron chi connectivity index (χ3n) is 2.36. The SMILES string of the molecule is O=C1OCCC1NS(=O)(=O)c1ccc(Br)cc1. The predicted molar refractivity (Wildman–Crippen MR) is 63.8 cm³/mol. The van der Waals surface area contributed by atoms with E-state index in [4.69, 9.17) is 4.74 Å². The summed E-state index contributed by atoms with van der Waals surface area (Å²) in [5.41, 5.74) is 0. The van der Waals surface area contributed by atoms with Crippen LogP contribution in [0.4, 0.5) is 0 Å². The predicted octanol–water partition coefficient (Wildman–Crippen LogP) is 1.04. The molecule has 0 bridgehead atoms. The fourth-order valence-corrected chi connectivity index (χ4v) is 2.96. The fraction of sp³-hybridized carbons (Fsp3) is 0.300. The van der Waals surface area contributed by atoms with E-state index < -0.39 is 22.0 Å². The van der Waals surface area contributed by atoms with E-state index in [9.17, 15) is 13.2 Å². The van der Waals surface area contributed by atoms with Crippen molar-refractivity contribution >= 4 is 31.9 Å². The highest BCUT2D eigenvalue weighted by atomic mass is 79.9. The van der Waals surface area contributed by atoms with Crippen molar-refractivity contribution in [2.75, 3.05) is 6.61 Å². The molecule has 1 aromatic carbocycles. The van der Waals surface area contributed by atoms with Gasteiger partial charge in [0.15, 0.2) is 0 Å². The zero-order valence-electron chi connectivity index (χ0n) is 8.72. The van der Waals surface area contributed by atoms with Gasteiger partial charge in [0.2, 0.25) is 10.0 Å². The van der Waals surface area contributed by atoms with Gasteiger partial charge in [0.25, 0.3) is 0 Å². The van der Waals surface area contributed by atoms with E-state index in [-0.39, 0.29) is 11.5 Å². The number of halogens is 1. The largest absolute Gasteiger partial charge is 0.464 e. The molecule has 0 amide bonds. The van der Waals surface area contributed by atoms with E-state index >= 15 is 0 Å². The first-order chi connectivity index (χ1) is 7.99. The summed E-state index contributed by atoms with van der Waals surface area (Å²) in [6.07, 6.45) is 0.370. The maximum atomic E-state index is 11.9. The number of carbonyl (C=O) groups excluding carboxylic acids is 1. The number of nitrogens with one attached hydrogen (secondary N) is 1. The van der Waals surface area contributed by atoms with Crippen LogP contribution in [0.15, 0.2) is 33.6 Å². The lowest BCUT2D eigenvalue weighted by atomic mass is 10.3. The zero-order valence-corrected chi connectivity index (χ0v) is 11.1. The van der Waals surface area contributed by atoms with Crippen LogP contribution in [0, 0.1) is 0 Å². The molecular weight excluding hydrogens is 310 g/mol. The summed E-state index contributed by atoms with van der Waals surface area (Å²) < 4.78 is 31.6. The van der Waals surface area contributed by atoms with Crippen LogP contribution in [0.25, 0.3) is 0 Å². The quantitative estimate of drug-likeness (QED) is 0.845. The van der Waals surface area contributed by atoms with Crippen LogP contribution in [0.5, 0.6) is 0 Å². The summed E-state index contributed by atoms with van der Waals surface area (Å²) in [4.78, 5) is 11.3. The molecular formula is C10H10BrNO4S. The highest BCUT2D eigenvalue weighted by Gasteiger charge is 2.31. The van der Waals surface area contributed by atoms with Crippen molar-refractivity contribution in [2.24, 2.45) is 0 Å². The normalized spacial score (nSPS) is 20.3. The molecule has 17 heavy (non-hydrogen) atoms. The minimum absolute atomic E-state index is 0.125. The van der Waals surface area contributed by atoms with E-state index in [2.05, 4.69) is 20.7 Å². The van der Waals surface area contributed by atoms with Crippen molar-refractivity contribution < 1.29 is 17.9 Å². The molecule has 92 valence electrons. The lowest BCUT2D eigenvalue weighted by molar-refractivity contribution is -0.139. The Morgan fingerprint density at radius 3 is 2.47 bits per heavy atom. The van der Waals surface area contributed by atoms with Crippen molar-refractivity contribution in [2.45, 2.75) is 17.4 Å². The summed E-state index contributed by atoms with van der Waals surface area (Å²) in [5.74, 6) is -0.523. The number of sulfonamides is 1. The Bertz CT molecular complexity index is 526. The Kier molecular flexibility index (Phi) is 3.50. The number of benzene rings is 1. The molecule has 0 spiro atoms. The molecule has 5 nitrogen and oxygen atoms in total. The molecule has 0 aliphatic carbocycles. The van der Waals surface area contributed by atoms with Gasteiger partial charge in [0.1, 0.15) is 6.04 Å². The van der Waals surface area contributed by atoms with E-state index in [1.807, 2.05) is 0 Å². The number of cyclic esters (lactones) is 1. The van der Waals surface area contributed by atoms with Gasteiger partial charge in [0.05, 0.1) is 11.5 Å². The topological polar surface area (TPSA) is 72.5 Å². The Hall–Kier alpha value is -0.920. The van der Waals surface area contributed by atoms with Gasteiger partial charge in [-0.2, -0.15) is 4.72 Å². The van der Waals surface area contributed by atoms with Crippen molar-refractivity contribution in [3.05, 3.63) is 28.7 Å². The lowest BCUT2D eigenvalue weighted by Gasteiger charge is -2.09. The van der Waals surface area contributed by atoms with E-state index in [1.165, 1.54) is 12.1 Å². The number of rotatable bonds is 3. The van der Waals surface area contributed by atoms with Crippen LogP contribution < -0.4 is 4.72 Å². The molecule has 7 heteroatoms.